The number of carbonyl (C=O) groups excluding carboxylic acids is 2. The molecule has 0 spiro atoms. The van der Waals surface area contributed by atoms with Crippen molar-refractivity contribution in [2.75, 3.05) is 0 Å². The minimum absolute atomic E-state index is 0.00965. The summed E-state index contributed by atoms with van der Waals surface area (Å²) in [5, 5.41) is 17.6. The molecule has 6 nitrogen and oxygen atoms in total. The molecule has 0 aliphatic heterocycles. The highest BCUT2D eigenvalue weighted by atomic mass is 35.5. The zero-order chi connectivity index (χ0) is 40.9. The number of ketones is 2. The van der Waals surface area contributed by atoms with Crippen LogP contribution in [0.4, 0.5) is 11.4 Å². The average molecular weight is 850 g/mol. The molecule has 12 heteroatoms. The first-order valence-electron chi connectivity index (χ1n) is 17.2. The van der Waals surface area contributed by atoms with Crippen molar-refractivity contribution in [3.8, 4) is 11.1 Å². The van der Waals surface area contributed by atoms with Gasteiger partial charge in [-0.15, -0.1) is 10.2 Å². The van der Waals surface area contributed by atoms with Crippen molar-refractivity contribution >= 4 is 92.5 Å². The predicted molar refractivity (Wildman–Crippen MR) is 227 cm³/mol. The molecule has 0 saturated heterocycles. The molecule has 0 radical (unpaired) electrons. The summed E-state index contributed by atoms with van der Waals surface area (Å²) in [6.07, 6.45) is 10.4. The molecule has 0 amide bonds. The van der Waals surface area contributed by atoms with Gasteiger partial charge in [-0.1, -0.05) is 153 Å². The number of hydrogen-bond acceptors (Lipinski definition) is 6. The molecule has 0 heterocycles. The van der Waals surface area contributed by atoms with Gasteiger partial charge in [-0.05, 0) is 74.8 Å². The zero-order valence-electron chi connectivity index (χ0n) is 32.5. The Kier molecular flexibility index (Phi) is 13.0. The summed E-state index contributed by atoms with van der Waals surface area (Å²) >= 11 is 40.4. The zero-order valence-corrected chi connectivity index (χ0v) is 37.0. The molecular formula is C42H44Cl6N4O2. The van der Waals surface area contributed by atoms with E-state index in [-0.39, 0.29) is 80.3 Å². The minimum atomic E-state index is -0.383. The minimum Gasteiger partial charge on any atom is -0.289 e. The lowest BCUT2D eigenvalue weighted by Crippen LogP contribution is -2.27. The number of halogens is 6. The van der Waals surface area contributed by atoms with Gasteiger partial charge >= 0.3 is 0 Å². The number of nitrogens with zero attached hydrogens (tertiary/aromatic N) is 4. The summed E-state index contributed by atoms with van der Waals surface area (Å²) < 4.78 is 0. The van der Waals surface area contributed by atoms with Gasteiger partial charge < -0.3 is 0 Å². The molecule has 0 aromatic heterocycles. The molecule has 2 aromatic rings. The lowest BCUT2D eigenvalue weighted by atomic mass is 9.72. The van der Waals surface area contributed by atoms with Gasteiger partial charge in [0.2, 0.25) is 0 Å². The van der Waals surface area contributed by atoms with Crippen LogP contribution in [0.5, 0.6) is 0 Å². The maximum absolute atomic E-state index is 13.3. The van der Waals surface area contributed by atoms with E-state index in [9.17, 15) is 9.59 Å². The van der Waals surface area contributed by atoms with Crippen molar-refractivity contribution < 1.29 is 9.59 Å². The molecule has 0 bridgehead atoms. The number of rotatable bonds is 5. The van der Waals surface area contributed by atoms with Gasteiger partial charge in [-0.2, -0.15) is 10.2 Å². The summed E-state index contributed by atoms with van der Waals surface area (Å²) in [7, 11) is 0. The van der Waals surface area contributed by atoms with Crippen LogP contribution in [0, 0.1) is 21.7 Å². The molecule has 0 atom stereocenters. The third-order valence-electron chi connectivity index (χ3n) is 8.73. The van der Waals surface area contributed by atoms with Crippen molar-refractivity contribution in [2.45, 2.75) is 83.1 Å². The van der Waals surface area contributed by atoms with Crippen molar-refractivity contribution in [1.82, 2.24) is 0 Å². The van der Waals surface area contributed by atoms with Gasteiger partial charge in [-0.3, -0.25) is 9.59 Å². The van der Waals surface area contributed by atoms with Gasteiger partial charge in [-0.25, -0.2) is 0 Å². The fourth-order valence-electron chi connectivity index (χ4n) is 5.75. The molecule has 0 N–H and O–H groups in total. The summed E-state index contributed by atoms with van der Waals surface area (Å²) in [5.74, 6) is 0.0320. The summed E-state index contributed by atoms with van der Waals surface area (Å²) in [5.41, 5.74) is 3.62. The molecule has 2 aliphatic carbocycles. The highest BCUT2D eigenvalue weighted by molar-refractivity contribution is 6.52. The Morgan fingerprint density at radius 2 is 0.759 bits per heavy atom. The molecule has 4 rings (SSSR count). The largest absolute Gasteiger partial charge is 0.289 e. The Labute approximate surface area is 348 Å². The maximum Gasteiger partial charge on any atom is 0.186 e. The predicted octanol–water partition coefficient (Wildman–Crippen LogP) is 16.3. The van der Waals surface area contributed by atoms with Crippen LogP contribution >= 0.6 is 69.6 Å². The van der Waals surface area contributed by atoms with E-state index >= 15 is 0 Å². The number of azo groups is 2. The molecule has 2 aromatic carbocycles. The Morgan fingerprint density at radius 1 is 0.463 bits per heavy atom. The maximum atomic E-state index is 13.3. The fraction of sp³-hybridized carbons (Fsp3) is 0.381. The van der Waals surface area contributed by atoms with Gasteiger partial charge in [0.25, 0.3) is 0 Å². The topological polar surface area (TPSA) is 83.6 Å². The first-order valence-corrected chi connectivity index (χ1v) is 19.5. The second kappa shape index (κ2) is 16.0. The van der Waals surface area contributed by atoms with E-state index in [4.69, 9.17) is 69.6 Å². The summed E-state index contributed by atoms with van der Waals surface area (Å²) in [6, 6.07) is 3.16. The van der Waals surface area contributed by atoms with Crippen LogP contribution in [0.15, 0.2) is 103 Å². The second-order valence-electron chi connectivity index (χ2n) is 17.3. The van der Waals surface area contributed by atoms with Gasteiger partial charge in [0.15, 0.2) is 11.6 Å². The van der Waals surface area contributed by atoms with Gasteiger partial charge in [0.1, 0.15) is 11.4 Å². The number of benzene rings is 2. The van der Waals surface area contributed by atoms with E-state index in [1.807, 2.05) is 107 Å². The van der Waals surface area contributed by atoms with E-state index in [1.165, 1.54) is 6.20 Å². The van der Waals surface area contributed by atoms with Crippen LogP contribution < -0.4 is 0 Å². The summed E-state index contributed by atoms with van der Waals surface area (Å²) in [6.45, 7) is 23.9. The van der Waals surface area contributed by atoms with E-state index in [2.05, 4.69) is 20.5 Å². The number of carbonyl (C=O) groups is 2. The molecule has 0 saturated carbocycles. The Morgan fingerprint density at radius 3 is 1.06 bits per heavy atom. The highest BCUT2D eigenvalue weighted by Gasteiger charge is 2.35. The Bertz CT molecular complexity index is 2070. The number of hydrogen-bond donors (Lipinski definition) is 0. The van der Waals surface area contributed by atoms with Crippen LogP contribution in [-0.2, 0) is 9.59 Å². The lowest BCUT2D eigenvalue weighted by Gasteiger charge is -2.31. The number of Topliss-reactive ketones (excluding diaryl/α,β-unsaturated/α-hetero) is 2. The van der Waals surface area contributed by atoms with E-state index in [0.29, 0.717) is 33.4 Å². The third kappa shape index (κ3) is 9.57. The fourth-order valence-corrected chi connectivity index (χ4v) is 7.45. The number of allylic oxidation sites excluding steroid dienone is 10. The molecule has 2 aliphatic rings. The van der Waals surface area contributed by atoms with E-state index in [0.717, 1.165) is 5.57 Å². The lowest BCUT2D eigenvalue weighted by molar-refractivity contribution is -0.114. The van der Waals surface area contributed by atoms with Crippen LogP contribution in [0.1, 0.15) is 83.1 Å². The average Bonchev–Trinajstić information content (AvgIpc) is 3.02. The summed E-state index contributed by atoms with van der Waals surface area (Å²) in [4.78, 5) is 26.6. The van der Waals surface area contributed by atoms with Crippen molar-refractivity contribution in [3.05, 3.63) is 112 Å². The van der Waals surface area contributed by atoms with E-state index < -0.39 is 0 Å². The first kappa shape index (κ1) is 43.9. The van der Waals surface area contributed by atoms with E-state index in [1.54, 1.807) is 18.3 Å². The third-order valence-corrected chi connectivity index (χ3v) is 11.0. The van der Waals surface area contributed by atoms with Gasteiger partial charge in [0, 0.05) is 27.9 Å². The second-order valence-corrected chi connectivity index (χ2v) is 19.7. The van der Waals surface area contributed by atoms with Crippen molar-refractivity contribution in [1.29, 1.82) is 0 Å². The highest BCUT2D eigenvalue weighted by Crippen LogP contribution is 2.52. The monoisotopic (exact) mass is 846 g/mol. The van der Waals surface area contributed by atoms with Crippen LogP contribution in [0.3, 0.4) is 0 Å². The van der Waals surface area contributed by atoms with Crippen molar-refractivity contribution in [2.24, 2.45) is 42.1 Å². The van der Waals surface area contributed by atoms with Crippen LogP contribution in [0.2, 0.25) is 30.1 Å². The molecule has 286 valence electrons. The Hall–Kier alpha value is -2.84. The standard InChI is InChI=1S/C42H44Cl6N4O2/c1-39(2,3)24-13-21(14-25(37(24)53)40(4,5)6)19-49-51-35-28(43)17-23(18-29(35)44)30-31(45)33(47)36(34(48)32(30)46)52-50-20-22-15-26(41(7,8)9)38(54)27(16-22)42(10,11)12/h13-20H,1-12H3/b51-49+,52-50+. The van der Waals surface area contributed by atoms with Gasteiger partial charge in [0.05, 0.1) is 42.5 Å². The smallest absolute Gasteiger partial charge is 0.186 e. The quantitative estimate of drug-likeness (QED) is 0.222. The first-order chi connectivity index (χ1) is 24.6. The Balaban J connectivity index is 1.71. The molecule has 0 unspecified atom stereocenters. The van der Waals surface area contributed by atoms with Crippen LogP contribution in [-0.4, -0.2) is 11.6 Å². The normalized spacial score (nSPS) is 16.3. The molecule has 0 fully saturated rings. The molecule has 54 heavy (non-hydrogen) atoms. The molecular weight excluding hydrogens is 805 g/mol. The van der Waals surface area contributed by atoms with Crippen LogP contribution in [0.25, 0.3) is 11.1 Å². The van der Waals surface area contributed by atoms with Crippen molar-refractivity contribution in [3.63, 3.8) is 0 Å². The SMILES string of the molecule is CC(C)(C)C1=CC(=C/N=N/c2c(Cl)cc(-c3c(Cl)c(Cl)c(/N=N/C=C4C=C(C(C)(C)C)C(=O)C(C(C)(C)C)=C4)c(Cl)c3Cl)cc2Cl)C=C(C(C)(C)C)C1=O.